The standard InChI is InChI=1S/C33H42FN3O3/c1-23-7-6-8-24(2)30(23)31(38)36-17-13-27(14-18-36)35-19-15-33(16-20-35)28-21-26(34)11-12-29(28)37(32(39)40-33)22-25-9-4-3-5-10-25/h6-8,11-12,21,25,27H,3-5,9-10,13-20,22H2,1-2H3. The Labute approximate surface area is 237 Å². The molecule has 0 radical (unpaired) electrons. The molecule has 1 saturated carbocycles. The fourth-order valence-corrected chi connectivity index (χ4v) is 7.65. The highest BCUT2D eigenvalue weighted by Crippen LogP contribution is 2.47. The maximum atomic E-state index is 14.6. The molecule has 3 aliphatic heterocycles. The minimum absolute atomic E-state index is 0.136. The highest BCUT2D eigenvalue weighted by molar-refractivity contribution is 5.97. The van der Waals surface area contributed by atoms with Crippen molar-refractivity contribution in [3.8, 4) is 0 Å². The van der Waals surface area contributed by atoms with Crippen molar-refractivity contribution in [2.75, 3.05) is 37.6 Å². The van der Waals surface area contributed by atoms with E-state index in [9.17, 15) is 14.0 Å². The van der Waals surface area contributed by atoms with Crippen LogP contribution >= 0.6 is 0 Å². The van der Waals surface area contributed by atoms with Gasteiger partial charge < -0.3 is 9.64 Å². The Morgan fingerprint density at radius 1 is 0.950 bits per heavy atom. The van der Waals surface area contributed by atoms with Crippen molar-refractivity contribution in [3.63, 3.8) is 0 Å². The van der Waals surface area contributed by atoms with E-state index >= 15 is 0 Å². The third-order valence-corrected chi connectivity index (χ3v) is 9.98. The Morgan fingerprint density at radius 2 is 1.62 bits per heavy atom. The Balaban J connectivity index is 1.11. The van der Waals surface area contributed by atoms with Crippen LogP contribution in [0.3, 0.4) is 0 Å². The van der Waals surface area contributed by atoms with Crippen LogP contribution in [-0.4, -0.2) is 60.6 Å². The molecular weight excluding hydrogens is 505 g/mol. The van der Waals surface area contributed by atoms with Crippen LogP contribution in [0.2, 0.25) is 0 Å². The highest BCUT2D eigenvalue weighted by Gasteiger charge is 2.48. The summed E-state index contributed by atoms with van der Waals surface area (Å²) in [4.78, 5) is 32.9. The number of amides is 2. The van der Waals surface area contributed by atoms with Gasteiger partial charge in [0.25, 0.3) is 5.91 Å². The Bertz CT molecular complexity index is 1240. The Morgan fingerprint density at radius 3 is 2.30 bits per heavy atom. The van der Waals surface area contributed by atoms with Gasteiger partial charge in [-0.3, -0.25) is 14.6 Å². The summed E-state index contributed by atoms with van der Waals surface area (Å²) < 4.78 is 20.8. The number of fused-ring (bicyclic) bond motifs is 2. The minimum atomic E-state index is -0.771. The molecule has 3 heterocycles. The summed E-state index contributed by atoms with van der Waals surface area (Å²) in [6.07, 6.45) is 8.87. The molecule has 4 aliphatic rings. The molecule has 2 aromatic rings. The zero-order valence-corrected chi connectivity index (χ0v) is 24.0. The average Bonchev–Trinajstić information content (AvgIpc) is 2.96. The fourth-order valence-electron chi connectivity index (χ4n) is 7.65. The second-order valence-corrected chi connectivity index (χ2v) is 12.5. The summed E-state index contributed by atoms with van der Waals surface area (Å²) in [5.74, 6) is 0.330. The van der Waals surface area contributed by atoms with Crippen LogP contribution in [0.15, 0.2) is 36.4 Å². The molecule has 1 aliphatic carbocycles. The van der Waals surface area contributed by atoms with Gasteiger partial charge in [-0.15, -0.1) is 0 Å². The van der Waals surface area contributed by atoms with Crippen LogP contribution in [-0.2, 0) is 10.3 Å². The third kappa shape index (κ3) is 5.13. The lowest BCUT2D eigenvalue weighted by Gasteiger charge is -2.49. The number of hydrogen-bond acceptors (Lipinski definition) is 4. The number of ether oxygens (including phenoxy) is 1. The maximum absolute atomic E-state index is 14.6. The van der Waals surface area contributed by atoms with E-state index in [1.54, 1.807) is 17.0 Å². The second kappa shape index (κ2) is 11.2. The molecule has 1 spiro atoms. The number of benzene rings is 2. The number of carbonyl (C=O) groups excluding carboxylic acids is 2. The molecule has 7 heteroatoms. The normalized spacial score (nSPS) is 22.3. The number of anilines is 1. The molecule has 6 rings (SSSR count). The first kappa shape index (κ1) is 27.3. The molecule has 2 aromatic carbocycles. The van der Waals surface area contributed by atoms with Crippen LogP contribution in [0.5, 0.6) is 0 Å². The summed E-state index contributed by atoms with van der Waals surface area (Å²) >= 11 is 0. The van der Waals surface area contributed by atoms with Crippen LogP contribution in [0.1, 0.15) is 84.8 Å². The highest BCUT2D eigenvalue weighted by atomic mass is 19.1. The van der Waals surface area contributed by atoms with Crippen molar-refractivity contribution in [1.29, 1.82) is 0 Å². The smallest absolute Gasteiger partial charge is 0.415 e. The predicted octanol–water partition coefficient (Wildman–Crippen LogP) is 6.58. The van der Waals surface area contributed by atoms with E-state index < -0.39 is 5.60 Å². The molecule has 214 valence electrons. The lowest BCUT2D eigenvalue weighted by atomic mass is 9.80. The van der Waals surface area contributed by atoms with E-state index in [1.807, 2.05) is 36.9 Å². The van der Waals surface area contributed by atoms with E-state index in [0.717, 1.165) is 79.8 Å². The molecular formula is C33H42FN3O3. The van der Waals surface area contributed by atoms with Crippen molar-refractivity contribution < 1.29 is 18.7 Å². The number of carbonyl (C=O) groups is 2. The third-order valence-electron chi connectivity index (χ3n) is 9.98. The molecule has 6 nitrogen and oxygen atoms in total. The molecule has 0 bridgehead atoms. The van der Waals surface area contributed by atoms with Crippen LogP contribution in [0.4, 0.5) is 14.9 Å². The van der Waals surface area contributed by atoms with Crippen molar-refractivity contribution in [3.05, 3.63) is 64.5 Å². The first-order chi connectivity index (χ1) is 19.3. The zero-order valence-electron chi connectivity index (χ0n) is 24.0. The molecule has 0 N–H and O–H groups in total. The van der Waals surface area contributed by atoms with Gasteiger partial charge in [0, 0.05) is 62.7 Å². The Hall–Kier alpha value is -2.93. The summed E-state index contributed by atoms with van der Waals surface area (Å²) in [7, 11) is 0. The molecule has 0 aromatic heterocycles. The van der Waals surface area contributed by atoms with Crippen molar-refractivity contribution in [1.82, 2.24) is 9.80 Å². The van der Waals surface area contributed by atoms with Gasteiger partial charge in [0.2, 0.25) is 0 Å². The van der Waals surface area contributed by atoms with Gasteiger partial charge >= 0.3 is 6.09 Å². The van der Waals surface area contributed by atoms with Gasteiger partial charge in [-0.1, -0.05) is 37.5 Å². The molecule has 0 unspecified atom stereocenters. The zero-order chi connectivity index (χ0) is 27.9. The monoisotopic (exact) mass is 547 g/mol. The van der Waals surface area contributed by atoms with E-state index in [4.69, 9.17) is 4.74 Å². The molecule has 2 saturated heterocycles. The van der Waals surface area contributed by atoms with E-state index in [-0.39, 0.29) is 17.8 Å². The molecule has 0 atom stereocenters. The lowest BCUT2D eigenvalue weighted by molar-refractivity contribution is -0.0541. The molecule has 3 fully saturated rings. The van der Waals surface area contributed by atoms with Crippen molar-refractivity contribution >= 4 is 17.7 Å². The second-order valence-electron chi connectivity index (χ2n) is 12.5. The number of halogens is 1. The number of piperidine rings is 2. The quantitative estimate of drug-likeness (QED) is 0.434. The van der Waals surface area contributed by atoms with Gasteiger partial charge in [0.1, 0.15) is 11.4 Å². The van der Waals surface area contributed by atoms with Gasteiger partial charge in [0.15, 0.2) is 0 Å². The van der Waals surface area contributed by atoms with Crippen LogP contribution in [0.25, 0.3) is 0 Å². The largest absolute Gasteiger partial charge is 0.437 e. The summed E-state index contributed by atoms with van der Waals surface area (Å²) in [6, 6.07) is 11.3. The van der Waals surface area contributed by atoms with Gasteiger partial charge in [-0.05, 0) is 74.8 Å². The van der Waals surface area contributed by atoms with Gasteiger partial charge in [0.05, 0.1) is 5.69 Å². The van der Waals surface area contributed by atoms with Crippen LogP contribution < -0.4 is 4.90 Å². The number of aryl methyl sites for hydroxylation is 2. The van der Waals surface area contributed by atoms with E-state index in [0.29, 0.717) is 31.3 Å². The summed E-state index contributed by atoms with van der Waals surface area (Å²) in [6.45, 7) is 7.75. The predicted molar refractivity (Wildman–Crippen MR) is 154 cm³/mol. The first-order valence-corrected chi connectivity index (χ1v) is 15.2. The number of likely N-dealkylation sites (tertiary alicyclic amines) is 2. The summed E-state index contributed by atoms with van der Waals surface area (Å²) in [5, 5.41) is 0. The number of rotatable bonds is 4. The van der Waals surface area contributed by atoms with Crippen molar-refractivity contribution in [2.24, 2.45) is 5.92 Å². The maximum Gasteiger partial charge on any atom is 0.415 e. The van der Waals surface area contributed by atoms with E-state index in [2.05, 4.69) is 4.90 Å². The first-order valence-electron chi connectivity index (χ1n) is 15.2. The fraction of sp³-hybridized carbons (Fsp3) is 0.576. The number of nitrogens with zero attached hydrogens (tertiary/aromatic N) is 3. The Kier molecular flexibility index (Phi) is 7.60. The van der Waals surface area contributed by atoms with Crippen molar-refractivity contribution in [2.45, 2.75) is 83.3 Å². The summed E-state index contributed by atoms with van der Waals surface area (Å²) in [5.41, 5.74) is 3.79. The van der Waals surface area contributed by atoms with Gasteiger partial charge in [-0.25, -0.2) is 9.18 Å². The minimum Gasteiger partial charge on any atom is -0.437 e. The molecule has 2 amide bonds. The topological polar surface area (TPSA) is 53.1 Å². The van der Waals surface area contributed by atoms with Gasteiger partial charge in [-0.2, -0.15) is 0 Å². The van der Waals surface area contributed by atoms with E-state index in [1.165, 1.54) is 25.3 Å². The average molecular weight is 548 g/mol. The van der Waals surface area contributed by atoms with Crippen LogP contribution in [0, 0.1) is 25.6 Å². The lowest BCUT2D eigenvalue weighted by Crippen LogP contribution is -2.55. The molecule has 40 heavy (non-hydrogen) atoms. The SMILES string of the molecule is Cc1cccc(C)c1C(=O)N1CCC(N2CCC3(CC2)OC(=O)N(CC2CCCCC2)c2ccc(F)cc23)CC1. The number of hydrogen-bond donors (Lipinski definition) is 0.